The summed E-state index contributed by atoms with van der Waals surface area (Å²) < 4.78 is 2.36. The van der Waals surface area contributed by atoms with Crippen LogP contribution in [0.15, 0.2) is 12.5 Å². The molecule has 0 aromatic carbocycles. The Bertz CT molecular complexity index is 396. The van der Waals surface area contributed by atoms with E-state index in [0.717, 1.165) is 18.3 Å². The molecule has 0 amide bonds. The van der Waals surface area contributed by atoms with Gasteiger partial charge in [0, 0.05) is 18.3 Å². The topological polar surface area (TPSA) is 43.8 Å². The average molecular weight is 263 g/mol. The predicted octanol–water partition coefficient (Wildman–Crippen LogP) is 3.93. The summed E-state index contributed by atoms with van der Waals surface area (Å²) in [6, 6.07) is 0.721. The molecule has 4 atom stereocenters. The highest BCUT2D eigenvalue weighted by atomic mass is 15.1. The van der Waals surface area contributed by atoms with Gasteiger partial charge < -0.3 is 10.3 Å². The summed E-state index contributed by atoms with van der Waals surface area (Å²) in [6.45, 7) is 9.21. The number of hydrogen-bond acceptors (Lipinski definition) is 2. The molecule has 1 aliphatic rings. The van der Waals surface area contributed by atoms with Crippen molar-refractivity contribution in [2.45, 2.75) is 65.5 Å². The van der Waals surface area contributed by atoms with Crippen LogP contribution >= 0.6 is 0 Å². The van der Waals surface area contributed by atoms with Gasteiger partial charge in [0.2, 0.25) is 0 Å². The van der Waals surface area contributed by atoms with Crippen LogP contribution in [0.5, 0.6) is 0 Å². The Morgan fingerprint density at radius 1 is 1.32 bits per heavy atom. The second-order valence-corrected chi connectivity index (χ2v) is 6.88. The molecule has 108 valence electrons. The van der Waals surface area contributed by atoms with Crippen LogP contribution in [-0.4, -0.2) is 9.55 Å². The molecule has 2 rings (SSSR count). The molecule has 0 bridgehead atoms. The van der Waals surface area contributed by atoms with E-state index >= 15 is 0 Å². The SMILES string of the molecule is CC(C)CC(N)c1cncn1C1CCC(C)C(C)C1. The Balaban J connectivity index is 2.11. The van der Waals surface area contributed by atoms with Crippen LogP contribution in [0.25, 0.3) is 0 Å². The number of aromatic nitrogens is 2. The van der Waals surface area contributed by atoms with E-state index in [-0.39, 0.29) is 6.04 Å². The van der Waals surface area contributed by atoms with E-state index < -0.39 is 0 Å². The largest absolute Gasteiger partial charge is 0.330 e. The van der Waals surface area contributed by atoms with Crippen LogP contribution in [0.3, 0.4) is 0 Å². The first kappa shape index (κ1) is 14.6. The third-order valence-electron chi connectivity index (χ3n) is 4.77. The second kappa shape index (κ2) is 6.08. The van der Waals surface area contributed by atoms with Crippen molar-refractivity contribution in [2.75, 3.05) is 0 Å². The molecule has 1 aliphatic carbocycles. The van der Waals surface area contributed by atoms with E-state index in [1.807, 2.05) is 12.5 Å². The Morgan fingerprint density at radius 2 is 2.05 bits per heavy atom. The monoisotopic (exact) mass is 263 g/mol. The minimum atomic E-state index is 0.122. The maximum absolute atomic E-state index is 6.35. The summed E-state index contributed by atoms with van der Waals surface area (Å²) in [4.78, 5) is 4.35. The third-order valence-corrected chi connectivity index (χ3v) is 4.77. The van der Waals surface area contributed by atoms with Gasteiger partial charge in [-0.25, -0.2) is 4.98 Å². The molecule has 2 N–H and O–H groups in total. The highest BCUT2D eigenvalue weighted by molar-refractivity contribution is 5.07. The first-order valence-electron chi connectivity index (χ1n) is 7.76. The fourth-order valence-electron chi connectivity index (χ4n) is 3.31. The number of rotatable bonds is 4. The lowest BCUT2D eigenvalue weighted by Crippen LogP contribution is -2.26. The molecule has 0 saturated heterocycles. The van der Waals surface area contributed by atoms with Gasteiger partial charge in [-0.1, -0.05) is 27.7 Å². The average Bonchev–Trinajstić information content (AvgIpc) is 2.81. The van der Waals surface area contributed by atoms with Gasteiger partial charge in [0.05, 0.1) is 12.0 Å². The molecule has 1 aromatic rings. The molecule has 0 aliphatic heterocycles. The van der Waals surface area contributed by atoms with Gasteiger partial charge in [-0.15, -0.1) is 0 Å². The van der Waals surface area contributed by atoms with Gasteiger partial charge in [-0.3, -0.25) is 0 Å². The zero-order valence-corrected chi connectivity index (χ0v) is 12.8. The maximum Gasteiger partial charge on any atom is 0.0951 e. The van der Waals surface area contributed by atoms with Crippen molar-refractivity contribution in [3.63, 3.8) is 0 Å². The zero-order valence-electron chi connectivity index (χ0n) is 12.8. The van der Waals surface area contributed by atoms with Crippen LogP contribution in [-0.2, 0) is 0 Å². The van der Waals surface area contributed by atoms with Crippen molar-refractivity contribution in [2.24, 2.45) is 23.5 Å². The molecule has 3 heteroatoms. The molecule has 0 radical (unpaired) electrons. The van der Waals surface area contributed by atoms with Crippen molar-refractivity contribution in [3.05, 3.63) is 18.2 Å². The molecule has 1 fully saturated rings. The number of hydrogen-bond donors (Lipinski definition) is 1. The van der Waals surface area contributed by atoms with E-state index in [0.29, 0.717) is 12.0 Å². The summed E-state index contributed by atoms with van der Waals surface area (Å²) >= 11 is 0. The summed E-state index contributed by atoms with van der Waals surface area (Å²) in [7, 11) is 0. The first-order chi connectivity index (χ1) is 8.99. The smallest absolute Gasteiger partial charge is 0.0951 e. The lowest BCUT2D eigenvalue weighted by Gasteiger charge is -2.34. The minimum absolute atomic E-state index is 0.122. The normalized spacial score (nSPS) is 29.7. The molecule has 1 heterocycles. The lowest BCUT2D eigenvalue weighted by molar-refractivity contribution is 0.206. The van der Waals surface area contributed by atoms with E-state index in [2.05, 4.69) is 37.2 Å². The van der Waals surface area contributed by atoms with Gasteiger partial charge in [-0.05, 0) is 43.4 Å². The minimum Gasteiger partial charge on any atom is -0.330 e. The molecular weight excluding hydrogens is 234 g/mol. The van der Waals surface area contributed by atoms with Crippen molar-refractivity contribution in [1.82, 2.24) is 9.55 Å². The van der Waals surface area contributed by atoms with Crippen molar-refractivity contribution >= 4 is 0 Å². The van der Waals surface area contributed by atoms with Crippen molar-refractivity contribution in [1.29, 1.82) is 0 Å². The Morgan fingerprint density at radius 3 is 2.68 bits per heavy atom. The van der Waals surface area contributed by atoms with E-state index in [1.54, 1.807) is 0 Å². The van der Waals surface area contributed by atoms with Crippen molar-refractivity contribution < 1.29 is 0 Å². The highest BCUT2D eigenvalue weighted by Crippen LogP contribution is 2.37. The van der Waals surface area contributed by atoms with E-state index in [9.17, 15) is 0 Å². The standard InChI is InChI=1S/C16H29N3/c1-11(2)7-15(17)16-9-18-10-19(16)14-6-5-12(3)13(4)8-14/h9-15H,5-8,17H2,1-4H3. The van der Waals surface area contributed by atoms with Gasteiger partial charge in [0.1, 0.15) is 0 Å². The van der Waals surface area contributed by atoms with Gasteiger partial charge in [0.25, 0.3) is 0 Å². The van der Waals surface area contributed by atoms with Gasteiger partial charge >= 0.3 is 0 Å². The zero-order chi connectivity index (χ0) is 14.0. The first-order valence-corrected chi connectivity index (χ1v) is 7.76. The maximum atomic E-state index is 6.35. The van der Waals surface area contributed by atoms with Crippen molar-refractivity contribution in [3.8, 4) is 0 Å². The van der Waals surface area contributed by atoms with Crippen LogP contribution in [0.4, 0.5) is 0 Å². The summed E-state index contributed by atoms with van der Waals surface area (Å²) in [5, 5.41) is 0. The Labute approximate surface area is 117 Å². The van der Waals surface area contributed by atoms with Crippen LogP contribution < -0.4 is 5.73 Å². The van der Waals surface area contributed by atoms with Crippen LogP contribution in [0, 0.1) is 17.8 Å². The fraction of sp³-hybridized carbons (Fsp3) is 0.812. The van der Waals surface area contributed by atoms with Gasteiger partial charge in [0.15, 0.2) is 0 Å². The van der Waals surface area contributed by atoms with E-state index in [1.165, 1.54) is 25.0 Å². The molecule has 3 nitrogen and oxygen atoms in total. The molecule has 4 unspecified atom stereocenters. The van der Waals surface area contributed by atoms with Gasteiger partial charge in [-0.2, -0.15) is 0 Å². The lowest BCUT2D eigenvalue weighted by atomic mass is 9.79. The third kappa shape index (κ3) is 3.38. The fourth-order valence-corrected chi connectivity index (χ4v) is 3.31. The summed E-state index contributed by atoms with van der Waals surface area (Å²) in [6.07, 6.45) is 8.84. The summed E-state index contributed by atoms with van der Waals surface area (Å²) in [5.74, 6) is 2.28. The quantitative estimate of drug-likeness (QED) is 0.894. The molecular formula is C16H29N3. The highest BCUT2D eigenvalue weighted by Gasteiger charge is 2.27. The Kier molecular flexibility index (Phi) is 4.67. The predicted molar refractivity (Wildman–Crippen MR) is 79.8 cm³/mol. The van der Waals surface area contributed by atoms with Crippen LogP contribution in [0.1, 0.15) is 71.2 Å². The molecule has 19 heavy (non-hydrogen) atoms. The molecule has 0 spiro atoms. The van der Waals surface area contributed by atoms with Crippen LogP contribution in [0.2, 0.25) is 0 Å². The molecule has 1 aromatic heterocycles. The summed E-state index contributed by atoms with van der Waals surface area (Å²) in [5.41, 5.74) is 7.57. The molecule has 1 saturated carbocycles. The Hall–Kier alpha value is -0.830. The second-order valence-electron chi connectivity index (χ2n) is 6.88. The number of imidazole rings is 1. The van der Waals surface area contributed by atoms with E-state index in [4.69, 9.17) is 5.73 Å². The number of nitrogens with two attached hydrogens (primary N) is 1. The number of nitrogens with zero attached hydrogens (tertiary/aromatic N) is 2.